The number of aryl methyl sites for hydroxylation is 1. The van der Waals surface area contributed by atoms with Crippen molar-refractivity contribution in [2.45, 2.75) is 52.1 Å². The number of hydrogen-bond acceptors (Lipinski definition) is 2. The van der Waals surface area contributed by atoms with E-state index in [-0.39, 0.29) is 6.04 Å². The second-order valence-electron chi connectivity index (χ2n) is 4.96. The highest BCUT2D eigenvalue weighted by Crippen LogP contribution is 2.20. The highest BCUT2D eigenvalue weighted by atomic mass is 15.1. The second-order valence-corrected chi connectivity index (χ2v) is 4.96. The third-order valence-corrected chi connectivity index (χ3v) is 3.33. The van der Waals surface area contributed by atoms with Crippen LogP contribution < -0.4 is 5.73 Å². The van der Waals surface area contributed by atoms with Gasteiger partial charge in [0.1, 0.15) is 5.82 Å². The van der Waals surface area contributed by atoms with E-state index in [1.54, 1.807) is 0 Å². The molecule has 0 bridgehead atoms. The predicted molar refractivity (Wildman–Crippen MR) is 76.5 cm³/mol. The maximum absolute atomic E-state index is 6.03. The molecular formula is C15H23N3. The summed E-state index contributed by atoms with van der Waals surface area (Å²) in [4.78, 5) is 4.65. The number of benzene rings is 1. The van der Waals surface area contributed by atoms with Gasteiger partial charge in [-0.05, 0) is 25.5 Å². The lowest BCUT2D eigenvalue weighted by atomic mass is 10.2. The Hall–Kier alpha value is -1.35. The van der Waals surface area contributed by atoms with Crippen LogP contribution in [-0.4, -0.2) is 9.55 Å². The van der Waals surface area contributed by atoms with Gasteiger partial charge in [0.2, 0.25) is 0 Å². The summed E-state index contributed by atoms with van der Waals surface area (Å²) >= 11 is 0. The predicted octanol–water partition coefficient (Wildman–Crippen LogP) is 3.64. The zero-order valence-electron chi connectivity index (χ0n) is 11.4. The fourth-order valence-corrected chi connectivity index (χ4v) is 2.37. The van der Waals surface area contributed by atoms with E-state index in [4.69, 9.17) is 5.73 Å². The molecule has 0 amide bonds. The van der Waals surface area contributed by atoms with Crippen LogP contribution in [0.4, 0.5) is 0 Å². The zero-order valence-corrected chi connectivity index (χ0v) is 11.4. The van der Waals surface area contributed by atoms with Gasteiger partial charge in [-0.2, -0.15) is 0 Å². The molecule has 0 aliphatic heterocycles. The fraction of sp³-hybridized carbons (Fsp3) is 0.533. The van der Waals surface area contributed by atoms with E-state index >= 15 is 0 Å². The summed E-state index contributed by atoms with van der Waals surface area (Å²) in [6.45, 7) is 5.27. The first kappa shape index (κ1) is 13.1. The molecule has 2 aromatic rings. The summed E-state index contributed by atoms with van der Waals surface area (Å²) in [6.07, 6.45) is 5.06. The largest absolute Gasteiger partial charge is 0.327 e. The van der Waals surface area contributed by atoms with Crippen molar-refractivity contribution >= 4 is 11.0 Å². The Bertz CT molecular complexity index is 499. The Labute approximate surface area is 109 Å². The van der Waals surface area contributed by atoms with Crippen LogP contribution >= 0.6 is 0 Å². The molecule has 1 aromatic heterocycles. The lowest BCUT2D eigenvalue weighted by Gasteiger charge is -2.11. The Morgan fingerprint density at radius 2 is 2.00 bits per heavy atom. The molecule has 2 rings (SSSR count). The lowest BCUT2D eigenvalue weighted by Crippen LogP contribution is -2.13. The quantitative estimate of drug-likeness (QED) is 0.790. The van der Waals surface area contributed by atoms with Crippen molar-refractivity contribution in [3.8, 4) is 0 Å². The molecule has 0 saturated carbocycles. The Kier molecular flexibility index (Phi) is 4.37. The SMILES string of the molecule is CCCCCCn1c(C(C)N)nc2ccccc21. The number of nitrogens with zero attached hydrogens (tertiary/aromatic N) is 2. The topological polar surface area (TPSA) is 43.8 Å². The number of para-hydroxylation sites is 2. The van der Waals surface area contributed by atoms with E-state index in [0.717, 1.165) is 17.9 Å². The maximum Gasteiger partial charge on any atom is 0.126 e. The van der Waals surface area contributed by atoms with Crippen LogP contribution in [0.3, 0.4) is 0 Å². The molecule has 18 heavy (non-hydrogen) atoms. The standard InChI is InChI=1S/C15H23N3/c1-3-4-5-8-11-18-14-10-7-6-9-13(14)17-15(18)12(2)16/h6-7,9-10,12H,3-5,8,11,16H2,1-2H3. The van der Waals surface area contributed by atoms with Gasteiger partial charge in [-0.3, -0.25) is 0 Å². The van der Waals surface area contributed by atoms with Gasteiger partial charge in [-0.15, -0.1) is 0 Å². The number of hydrogen-bond donors (Lipinski definition) is 1. The van der Waals surface area contributed by atoms with E-state index in [0.29, 0.717) is 0 Å². The molecule has 98 valence electrons. The maximum atomic E-state index is 6.03. The van der Waals surface area contributed by atoms with Gasteiger partial charge in [-0.25, -0.2) is 4.98 Å². The average Bonchev–Trinajstić information content (AvgIpc) is 2.74. The molecule has 0 saturated heterocycles. The highest BCUT2D eigenvalue weighted by Gasteiger charge is 2.12. The number of nitrogens with two attached hydrogens (primary N) is 1. The normalized spacial score (nSPS) is 13.1. The molecule has 2 N–H and O–H groups in total. The van der Waals surface area contributed by atoms with E-state index in [1.807, 2.05) is 13.0 Å². The molecule has 1 aromatic carbocycles. The summed E-state index contributed by atoms with van der Waals surface area (Å²) < 4.78 is 2.29. The minimum atomic E-state index is -0.0106. The number of unbranched alkanes of at least 4 members (excludes halogenated alkanes) is 3. The van der Waals surface area contributed by atoms with Gasteiger partial charge in [-0.1, -0.05) is 38.3 Å². The van der Waals surface area contributed by atoms with Crippen molar-refractivity contribution in [2.24, 2.45) is 5.73 Å². The Balaban J connectivity index is 2.24. The van der Waals surface area contributed by atoms with E-state index in [9.17, 15) is 0 Å². The van der Waals surface area contributed by atoms with Crippen molar-refractivity contribution in [3.05, 3.63) is 30.1 Å². The van der Waals surface area contributed by atoms with Crippen molar-refractivity contribution < 1.29 is 0 Å². The third kappa shape index (κ3) is 2.72. The summed E-state index contributed by atoms with van der Waals surface area (Å²) in [6, 6.07) is 8.28. The number of aromatic nitrogens is 2. The number of rotatable bonds is 6. The zero-order chi connectivity index (χ0) is 13.0. The Morgan fingerprint density at radius 3 is 2.72 bits per heavy atom. The van der Waals surface area contributed by atoms with Gasteiger partial charge in [0.25, 0.3) is 0 Å². The second kappa shape index (κ2) is 6.01. The molecule has 0 radical (unpaired) electrons. The van der Waals surface area contributed by atoms with Crippen LogP contribution in [0.1, 0.15) is 51.4 Å². The molecule has 0 spiro atoms. The first-order valence-corrected chi connectivity index (χ1v) is 6.94. The van der Waals surface area contributed by atoms with Crippen LogP contribution in [0.25, 0.3) is 11.0 Å². The van der Waals surface area contributed by atoms with Crippen LogP contribution in [0.2, 0.25) is 0 Å². The lowest BCUT2D eigenvalue weighted by molar-refractivity contribution is 0.558. The average molecular weight is 245 g/mol. The summed E-state index contributed by atoms with van der Waals surface area (Å²) in [5.41, 5.74) is 8.29. The van der Waals surface area contributed by atoms with Gasteiger partial charge >= 0.3 is 0 Å². The van der Waals surface area contributed by atoms with Gasteiger partial charge < -0.3 is 10.3 Å². The molecule has 0 aliphatic rings. The van der Waals surface area contributed by atoms with E-state index in [2.05, 4.69) is 34.7 Å². The van der Waals surface area contributed by atoms with Gasteiger partial charge in [0.05, 0.1) is 17.1 Å². The fourth-order valence-electron chi connectivity index (χ4n) is 2.37. The number of imidazole rings is 1. The van der Waals surface area contributed by atoms with Crippen molar-refractivity contribution in [1.29, 1.82) is 0 Å². The van der Waals surface area contributed by atoms with Crippen LogP contribution in [-0.2, 0) is 6.54 Å². The first-order valence-electron chi connectivity index (χ1n) is 6.94. The number of fused-ring (bicyclic) bond motifs is 1. The molecule has 0 fully saturated rings. The summed E-state index contributed by atoms with van der Waals surface area (Å²) in [7, 11) is 0. The third-order valence-electron chi connectivity index (χ3n) is 3.33. The molecule has 1 unspecified atom stereocenters. The molecule has 1 atom stereocenters. The van der Waals surface area contributed by atoms with Crippen molar-refractivity contribution in [2.75, 3.05) is 0 Å². The van der Waals surface area contributed by atoms with E-state index in [1.165, 1.54) is 31.2 Å². The molecule has 0 aliphatic carbocycles. The minimum absolute atomic E-state index is 0.0106. The highest BCUT2D eigenvalue weighted by molar-refractivity contribution is 5.76. The molecular weight excluding hydrogens is 222 g/mol. The van der Waals surface area contributed by atoms with E-state index < -0.39 is 0 Å². The van der Waals surface area contributed by atoms with Crippen LogP contribution in [0, 0.1) is 0 Å². The minimum Gasteiger partial charge on any atom is -0.327 e. The molecule has 3 heteroatoms. The summed E-state index contributed by atoms with van der Waals surface area (Å²) in [5, 5.41) is 0. The van der Waals surface area contributed by atoms with Crippen molar-refractivity contribution in [1.82, 2.24) is 9.55 Å². The van der Waals surface area contributed by atoms with Crippen LogP contribution in [0.15, 0.2) is 24.3 Å². The molecule has 1 heterocycles. The van der Waals surface area contributed by atoms with Gasteiger partial charge in [0.15, 0.2) is 0 Å². The first-order chi connectivity index (χ1) is 8.74. The van der Waals surface area contributed by atoms with Crippen molar-refractivity contribution in [3.63, 3.8) is 0 Å². The molecule has 3 nitrogen and oxygen atoms in total. The Morgan fingerprint density at radius 1 is 1.22 bits per heavy atom. The smallest absolute Gasteiger partial charge is 0.126 e. The van der Waals surface area contributed by atoms with Gasteiger partial charge in [0, 0.05) is 6.54 Å². The summed E-state index contributed by atoms with van der Waals surface area (Å²) in [5.74, 6) is 1.01. The monoisotopic (exact) mass is 245 g/mol. The van der Waals surface area contributed by atoms with Crippen LogP contribution in [0.5, 0.6) is 0 Å².